The summed E-state index contributed by atoms with van der Waals surface area (Å²) >= 11 is 0. The number of carbonyl (C=O) groups excluding carboxylic acids is 1. The second-order valence-corrected chi connectivity index (χ2v) is 8.88. The minimum atomic E-state index is -2.93. The highest BCUT2D eigenvalue weighted by Gasteiger charge is 2.40. The largest absolute Gasteiger partial charge is 0.312 e. The highest BCUT2D eigenvalue weighted by Crippen LogP contribution is 2.49. The molecule has 1 saturated heterocycles. The molecule has 3 rings (SSSR count). The van der Waals surface area contributed by atoms with Crippen LogP contribution in [0.15, 0.2) is 0 Å². The van der Waals surface area contributed by atoms with E-state index in [-0.39, 0.29) is 23.3 Å². The Bertz CT molecular complexity index is 459. The molecule has 1 heterocycles. The first-order chi connectivity index (χ1) is 9.02. The van der Waals surface area contributed by atoms with E-state index in [1.165, 1.54) is 25.7 Å². The molecule has 19 heavy (non-hydrogen) atoms. The molecule has 0 aromatic rings. The van der Waals surface area contributed by atoms with Crippen molar-refractivity contribution in [2.24, 2.45) is 17.8 Å². The highest BCUT2D eigenvalue weighted by molar-refractivity contribution is 7.91. The number of sulfone groups is 1. The molecule has 0 aromatic heterocycles. The minimum absolute atomic E-state index is 0.134. The lowest BCUT2D eigenvalue weighted by molar-refractivity contribution is -0.120. The van der Waals surface area contributed by atoms with Gasteiger partial charge in [-0.25, -0.2) is 8.42 Å². The molecule has 0 amide bonds. The average Bonchev–Trinajstić information content (AvgIpc) is 2.89. The number of hydrogen-bond acceptors (Lipinski definition) is 4. The smallest absolute Gasteiger partial charge is 0.153 e. The van der Waals surface area contributed by atoms with E-state index in [0.717, 1.165) is 11.8 Å². The van der Waals surface area contributed by atoms with Crippen LogP contribution < -0.4 is 5.32 Å². The van der Waals surface area contributed by atoms with Crippen molar-refractivity contribution in [1.82, 2.24) is 5.32 Å². The van der Waals surface area contributed by atoms with Crippen molar-refractivity contribution >= 4 is 15.6 Å². The van der Waals surface area contributed by atoms with E-state index in [9.17, 15) is 13.2 Å². The van der Waals surface area contributed by atoms with Gasteiger partial charge in [0.05, 0.1) is 11.5 Å². The van der Waals surface area contributed by atoms with Crippen molar-refractivity contribution in [1.29, 1.82) is 0 Å². The molecule has 4 nitrogen and oxygen atoms in total. The fourth-order valence-corrected chi connectivity index (χ4v) is 5.72. The lowest BCUT2D eigenvalue weighted by Crippen LogP contribution is -2.46. The van der Waals surface area contributed by atoms with Gasteiger partial charge in [0, 0.05) is 25.4 Å². The summed E-state index contributed by atoms with van der Waals surface area (Å²) in [4.78, 5) is 12.1. The fourth-order valence-electron chi connectivity index (χ4n) is 4.28. The molecule has 2 bridgehead atoms. The monoisotopic (exact) mass is 285 g/mol. The van der Waals surface area contributed by atoms with E-state index in [2.05, 4.69) is 5.32 Å². The third kappa shape index (κ3) is 3.19. The van der Waals surface area contributed by atoms with Crippen molar-refractivity contribution in [3.63, 3.8) is 0 Å². The van der Waals surface area contributed by atoms with Crippen molar-refractivity contribution in [2.75, 3.05) is 18.1 Å². The van der Waals surface area contributed by atoms with Gasteiger partial charge in [0.25, 0.3) is 0 Å². The first kappa shape index (κ1) is 13.6. The molecule has 3 aliphatic rings. The van der Waals surface area contributed by atoms with Gasteiger partial charge in [-0.05, 0) is 37.0 Å². The second-order valence-electron chi connectivity index (χ2n) is 6.65. The minimum Gasteiger partial charge on any atom is -0.312 e. The Kier molecular flexibility index (Phi) is 3.69. The maximum atomic E-state index is 12.1. The van der Waals surface area contributed by atoms with E-state index in [4.69, 9.17) is 0 Å². The number of Topliss-reactive ketones (excluding diaryl/α,β-unsaturated/α-hetero) is 1. The molecule has 2 saturated carbocycles. The lowest BCUT2D eigenvalue weighted by Gasteiger charge is -2.25. The molecule has 3 fully saturated rings. The molecule has 1 N–H and O–H groups in total. The normalized spacial score (nSPS) is 40.4. The summed E-state index contributed by atoms with van der Waals surface area (Å²) in [5.41, 5.74) is 0. The summed E-state index contributed by atoms with van der Waals surface area (Å²) in [6.45, 7) is 0.494. The van der Waals surface area contributed by atoms with Crippen LogP contribution in [-0.4, -0.2) is 38.3 Å². The number of ketones is 1. The van der Waals surface area contributed by atoms with Crippen LogP contribution >= 0.6 is 0 Å². The first-order valence-corrected chi connectivity index (χ1v) is 9.29. The Morgan fingerprint density at radius 3 is 2.63 bits per heavy atom. The average molecular weight is 285 g/mol. The standard InChI is InChI=1S/C14H23NO3S/c16-14(7-12-6-10-1-2-11(12)5-10)8-13-9-19(17,18)4-3-15-13/h10-13,15H,1-9H2. The summed E-state index contributed by atoms with van der Waals surface area (Å²) in [5.74, 6) is 2.84. The molecule has 1 aliphatic heterocycles. The fraction of sp³-hybridized carbons (Fsp3) is 0.929. The van der Waals surface area contributed by atoms with E-state index in [0.29, 0.717) is 25.3 Å². The van der Waals surface area contributed by atoms with E-state index < -0.39 is 9.84 Å². The van der Waals surface area contributed by atoms with Crippen LogP contribution in [0.3, 0.4) is 0 Å². The van der Waals surface area contributed by atoms with Crippen LogP contribution in [0.25, 0.3) is 0 Å². The van der Waals surface area contributed by atoms with Crippen molar-refractivity contribution in [3.05, 3.63) is 0 Å². The number of hydrogen-bond donors (Lipinski definition) is 1. The highest BCUT2D eigenvalue weighted by atomic mass is 32.2. The Morgan fingerprint density at radius 2 is 2.00 bits per heavy atom. The Balaban J connectivity index is 1.49. The van der Waals surface area contributed by atoms with Gasteiger partial charge >= 0.3 is 0 Å². The number of rotatable bonds is 4. The van der Waals surface area contributed by atoms with Crippen LogP contribution in [0.5, 0.6) is 0 Å². The summed E-state index contributed by atoms with van der Waals surface area (Å²) in [5, 5.41) is 3.16. The summed E-state index contributed by atoms with van der Waals surface area (Å²) in [6, 6.07) is -0.148. The molecule has 108 valence electrons. The predicted octanol–water partition coefficient (Wildman–Crippen LogP) is 1.16. The zero-order valence-corrected chi connectivity index (χ0v) is 12.1. The van der Waals surface area contributed by atoms with Gasteiger partial charge in [-0.15, -0.1) is 0 Å². The van der Waals surface area contributed by atoms with Gasteiger partial charge in [0.1, 0.15) is 5.78 Å². The molecular formula is C14H23NO3S. The molecular weight excluding hydrogens is 262 g/mol. The molecule has 0 aromatic carbocycles. The van der Waals surface area contributed by atoms with Gasteiger partial charge in [-0.1, -0.05) is 6.42 Å². The van der Waals surface area contributed by atoms with Crippen LogP contribution in [0, 0.1) is 17.8 Å². The number of nitrogens with one attached hydrogen (secondary N) is 1. The zero-order valence-electron chi connectivity index (χ0n) is 11.3. The van der Waals surface area contributed by atoms with Crippen molar-refractivity contribution < 1.29 is 13.2 Å². The van der Waals surface area contributed by atoms with Gasteiger partial charge in [0.2, 0.25) is 0 Å². The third-order valence-electron chi connectivity index (χ3n) is 5.15. The van der Waals surface area contributed by atoms with Crippen molar-refractivity contribution in [2.45, 2.75) is 44.6 Å². The number of fused-ring (bicyclic) bond motifs is 2. The van der Waals surface area contributed by atoms with E-state index >= 15 is 0 Å². The molecule has 4 atom stereocenters. The Morgan fingerprint density at radius 1 is 1.16 bits per heavy atom. The zero-order chi connectivity index (χ0) is 13.5. The van der Waals surface area contributed by atoms with Crippen LogP contribution in [0.1, 0.15) is 38.5 Å². The molecule has 5 heteroatoms. The molecule has 2 aliphatic carbocycles. The summed E-state index contributed by atoms with van der Waals surface area (Å²) in [7, 11) is -2.93. The van der Waals surface area contributed by atoms with Crippen molar-refractivity contribution in [3.8, 4) is 0 Å². The van der Waals surface area contributed by atoms with Gasteiger partial charge in [0.15, 0.2) is 9.84 Å². The van der Waals surface area contributed by atoms with Gasteiger partial charge < -0.3 is 5.32 Å². The maximum absolute atomic E-state index is 12.1. The Labute approximate surface area is 115 Å². The molecule has 0 radical (unpaired) electrons. The van der Waals surface area contributed by atoms with E-state index in [1.807, 2.05) is 0 Å². The number of carbonyl (C=O) groups is 1. The summed E-state index contributed by atoms with van der Waals surface area (Å²) in [6.07, 6.45) is 6.30. The second kappa shape index (κ2) is 5.17. The summed E-state index contributed by atoms with van der Waals surface area (Å²) < 4.78 is 23.1. The van der Waals surface area contributed by atoms with Crippen LogP contribution in [-0.2, 0) is 14.6 Å². The first-order valence-electron chi connectivity index (χ1n) is 7.47. The van der Waals surface area contributed by atoms with Crippen LogP contribution in [0.2, 0.25) is 0 Å². The molecule has 4 unspecified atom stereocenters. The van der Waals surface area contributed by atoms with Gasteiger partial charge in [-0.2, -0.15) is 0 Å². The van der Waals surface area contributed by atoms with Crippen LogP contribution in [0.4, 0.5) is 0 Å². The molecule has 0 spiro atoms. The predicted molar refractivity (Wildman–Crippen MR) is 73.6 cm³/mol. The SMILES string of the molecule is O=C(CC1CS(=O)(=O)CCN1)CC1CC2CCC1C2. The third-order valence-corrected chi connectivity index (χ3v) is 6.89. The maximum Gasteiger partial charge on any atom is 0.153 e. The van der Waals surface area contributed by atoms with E-state index in [1.54, 1.807) is 0 Å². The van der Waals surface area contributed by atoms with Gasteiger partial charge in [-0.3, -0.25) is 4.79 Å². The lowest BCUT2D eigenvalue weighted by atomic mass is 9.84. The topological polar surface area (TPSA) is 63.2 Å². The quantitative estimate of drug-likeness (QED) is 0.842. The Hall–Kier alpha value is -0.420.